The molecule has 0 atom stereocenters. The first-order valence-electron chi connectivity index (χ1n) is 6.61. The molecule has 1 aliphatic carbocycles. The third kappa shape index (κ3) is 2.52. The fraction of sp³-hybridized carbons (Fsp3) is 0.267. The van der Waals surface area contributed by atoms with Crippen molar-refractivity contribution >= 4 is 5.97 Å². The van der Waals surface area contributed by atoms with Gasteiger partial charge in [0.2, 0.25) is 5.88 Å². The van der Waals surface area contributed by atoms with Crippen molar-refractivity contribution in [1.82, 2.24) is 9.97 Å². The van der Waals surface area contributed by atoms with Crippen LogP contribution in [-0.4, -0.2) is 28.2 Å². The van der Waals surface area contributed by atoms with Gasteiger partial charge in [0.1, 0.15) is 6.33 Å². The van der Waals surface area contributed by atoms with E-state index in [9.17, 15) is 4.79 Å². The molecular weight excluding hydrogens is 272 g/mol. The first-order valence-corrected chi connectivity index (χ1v) is 6.61. The van der Waals surface area contributed by atoms with E-state index >= 15 is 0 Å². The zero-order valence-electron chi connectivity index (χ0n) is 11.5. The molecule has 1 aromatic carbocycles. The molecule has 108 valence electrons. The summed E-state index contributed by atoms with van der Waals surface area (Å²) in [6.07, 6.45) is 4.35. The lowest BCUT2D eigenvalue weighted by atomic mass is 10.2. The predicted molar refractivity (Wildman–Crippen MR) is 74.1 cm³/mol. The lowest BCUT2D eigenvalue weighted by Crippen LogP contribution is -2.00. The molecule has 6 nitrogen and oxygen atoms in total. The normalized spacial score (nSPS) is 12.8. The first-order chi connectivity index (χ1) is 10.2. The maximum atomic E-state index is 11.0. The van der Waals surface area contributed by atoms with Gasteiger partial charge in [0.25, 0.3) is 0 Å². The molecule has 3 rings (SSSR count). The zero-order chi connectivity index (χ0) is 14.8. The van der Waals surface area contributed by atoms with E-state index in [2.05, 4.69) is 9.97 Å². The molecule has 0 bridgehead atoms. The van der Waals surface area contributed by atoms with Gasteiger partial charge in [0, 0.05) is 5.56 Å². The van der Waals surface area contributed by atoms with E-state index in [0.717, 1.165) is 30.5 Å². The number of rotatable bonds is 4. The minimum absolute atomic E-state index is 0.145. The molecule has 0 amide bonds. The van der Waals surface area contributed by atoms with E-state index in [4.69, 9.17) is 14.6 Å². The molecule has 0 unspecified atom stereocenters. The van der Waals surface area contributed by atoms with Crippen LogP contribution in [0.15, 0.2) is 24.5 Å². The van der Waals surface area contributed by atoms with E-state index < -0.39 is 5.97 Å². The number of benzene rings is 1. The Hall–Kier alpha value is -2.63. The van der Waals surface area contributed by atoms with Crippen LogP contribution >= 0.6 is 0 Å². The number of aromatic carboxylic acids is 1. The minimum atomic E-state index is -1.01. The molecule has 0 fully saturated rings. The van der Waals surface area contributed by atoms with Crippen LogP contribution < -0.4 is 9.47 Å². The molecule has 6 heteroatoms. The molecule has 2 aromatic rings. The van der Waals surface area contributed by atoms with Gasteiger partial charge in [0.05, 0.1) is 18.4 Å². The molecule has 0 aliphatic heterocycles. The summed E-state index contributed by atoms with van der Waals surface area (Å²) in [5.41, 5.74) is 2.18. The molecule has 1 aromatic heterocycles. The summed E-state index contributed by atoms with van der Waals surface area (Å²) in [5, 5.41) is 9.00. The third-order valence-electron chi connectivity index (χ3n) is 3.45. The average Bonchev–Trinajstić information content (AvgIpc) is 2.97. The van der Waals surface area contributed by atoms with Gasteiger partial charge >= 0.3 is 5.97 Å². The van der Waals surface area contributed by atoms with Crippen molar-refractivity contribution in [3.63, 3.8) is 0 Å². The second-order valence-corrected chi connectivity index (χ2v) is 4.73. The highest BCUT2D eigenvalue weighted by atomic mass is 16.5. The highest BCUT2D eigenvalue weighted by Crippen LogP contribution is 2.35. The summed E-state index contributed by atoms with van der Waals surface area (Å²) >= 11 is 0. The highest BCUT2D eigenvalue weighted by Gasteiger charge is 2.20. The summed E-state index contributed by atoms with van der Waals surface area (Å²) in [7, 11) is 1.47. The maximum absolute atomic E-state index is 11.0. The van der Waals surface area contributed by atoms with Crippen molar-refractivity contribution in [3.8, 4) is 17.4 Å². The van der Waals surface area contributed by atoms with Crippen LogP contribution in [0.4, 0.5) is 0 Å². The van der Waals surface area contributed by atoms with Gasteiger partial charge in [-0.25, -0.2) is 14.8 Å². The van der Waals surface area contributed by atoms with Crippen LogP contribution in [0, 0.1) is 0 Å². The number of carbonyl (C=O) groups is 1. The molecular formula is C15H14N2O4. The molecule has 1 N–H and O–H groups in total. The Kier molecular flexibility index (Phi) is 3.43. The van der Waals surface area contributed by atoms with Gasteiger partial charge in [-0.2, -0.15) is 0 Å². The van der Waals surface area contributed by atoms with Gasteiger partial charge in [0.15, 0.2) is 11.5 Å². The Morgan fingerprint density at radius 1 is 1.24 bits per heavy atom. The Bertz CT molecular complexity index is 700. The van der Waals surface area contributed by atoms with Gasteiger partial charge in [-0.1, -0.05) is 0 Å². The summed E-state index contributed by atoms with van der Waals surface area (Å²) < 4.78 is 11.0. The molecule has 0 saturated carbocycles. The SMILES string of the molecule is COc1cc(C(=O)O)ccc1Oc1ncnc2c1CCC2. The number of nitrogens with zero attached hydrogens (tertiary/aromatic N) is 2. The van der Waals surface area contributed by atoms with Crippen molar-refractivity contribution in [2.75, 3.05) is 7.11 Å². The van der Waals surface area contributed by atoms with Crippen LogP contribution in [0.3, 0.4) is 0 Å². The Balaban J connectivity index is 1.95. The summed E-state index contributed by atoms with van der Waals surface area (Å²) in [6, 6.07) is 4.48. The Labute approximate surface area is 121 Å². The van der Waals surface area contributed by atoms with E-state index in [1.54, 1.807) is 6.07 Å². The number of fused-ring (bicyclic) bond motifs is 1. The number of carboxylic acids is 1. The number of aromatic nitrogens is 2. The van der Waals surface area contributed by atoms with Gasteiger partial charge in [-0.15, -0.1) is 0 Å². The summed E-state index contributed by atoms with van der Waals surface area (Å²) in [6.45, 7) is 0. The number of carboxylic acid groups (broad SMARTS) is 1. The maximum Gasteiger partial charge on any atom is 0.335 e. The quantitative estimate of drug-likeness (QED) is 0.929. The number of hydrogen-bond donors (Lipinski definition) is 1. The second kappa shape index (κ2) is 5.40. The Morgan fingerprint density at radius 2 is 2.10 bits per heavy atom. The van der Waals surface area contributed by atoms with Crippen molar-refractivity contribution in [3.05, 3.63) is 41.3 Å². The van der Waals surface area contributed by atoms with Crippen LogP contribution in [0.1, 0.15) is 28.0 Å². The first kappa shape index (κ1) is 13.4. The van der Waals surface area contributed by atoms with Crippen molar-refractivity contribution in [2.45, 2.75) is 19.3 Å². The predicted octanol–water partition coefficient (Wildman–Crippen LogP) is 2.46. The third-order valence-corrected chi connectivity index (χ3v) is 3.45. The van der Waals surface area contributed by atoms with Crippen molar-refractivity contribution in [2.24, 2.45) is 0 Å². The fourth-order valence-corrected chi connectivity index (χ4v) is 2.41. The highest BCUT2D eigenvalue weighted by molar-refractivity contribution is 5.88. The largest absolute Gasteiger partial charge is 0.493 e. The summed E-state index contributed by atoms with van der Waals surface area (Å²) in [5.74, 6) is 0.303. The van der Waals surface area contributed by atoms with E-state index in [-0.39, 0.29) is 5.56 Å². The molecule has 1 heterocycles. The van der Waals surface area contributed by atoms with Gasteiger partial charge < -0.3 is 14.6 Å². The number of methoxy groups -OCH3 is 1. The molecule has 21 heavy (non-hydrogen) atoms. The lowest BCUT2D eigenvalue weighted by Gasteiger charge is -2.12. The van der Waals surface area contributed by atoms with Gasteiger partial charge in [-0.05, 0) is 37.5 Å². The van der Waals surface area contributed by atoms with Crippen LogP contribution in [0.25, 0.3) is 0 Å². The number of aryl methyl sites for hydroxylation is 1. The van der Waals surface area contributed by atoms with Crippen molar-refractivity contribution < 1.29 is 19.4 Å². The molecule has 0 spiro atoms. The van der Waals surface area contributed by atoms with E-state index in [0.29, 0.717) is 17.4 Å². The summed E-state index contributed by atoms with van der Waals surface area (Å²) in [4.78, 5) is 19.4. The Morgan fingerprint density at radius 3 is 2.86 bits per heavy atom. The topological polar surface area (TPSA) is 81.5 Å². The molecule has 0 saturated heterocycles. The minimum Gasteiger partial charge on any atom is -0.493 e. The number of ether oxygens (including phenoxy) is 2. The standard InChI is InChI=1S/C15H14N2O4/c1-20-13-7-9(15(18)19)5-6-12(13)21-14-10-3-2-4-11(10)16-8-17-14/h5-8H,2-4H2,1H3,(H,18,19). The van der Waals surface area contributed by atoms with Crippen LogP contribution in [0.2, 0.25) is 0 Å². The molecule has 0 radical (unpaired) electrons. The van der Waals surface area contributed by atoms with E-state index in [1.807, 2.05) is 0 Å². The second-order valence-electron chi connectivity index (χ2n) is 4.73. The lowest BCUT2D eigenvalue weighted by molar-refractivity contribution is 0.0696. The number of hydrogen-bond acceptors (Lipinski definition) is 5. The van der Waals surface area contributed by atoms with E-state index in [1.165, 1.54) is 25.6 Å². The van der Waals surface area contributed by atoms with Crippen molar-refractivity contribution in [1.29, 1.82) is 0 Å². The van der Waals surface area contributed by atoms with Crippen LogP contribution in [0.5, 0.6) is 17.4 Å². The van der Waals surface area contributed by atoms with Gasteiger partial charge in [-0.3, -0.25) is 0 Å². The monoisotopic (exact) mass is 286 g/mol. The fourth-order valence-electron chi connectivity index (χ4n) is 2.41. The van der Waals surface area contributed by atoms with Crippen LogP contribution in [-0.2, 0) is 12.8 Å². The zero-order valence-corrected chi connectivity index (χ0v) is 11.5. The smallest absolute Gasteiger partial charge is 0.335 e. The average molecular weight is 286 g/mol. The molecule has 1 aliphatic rings.